The summed E-state index contributed by atoms with van der Waals surface area (Å²) < 4.78 is 5.08. The third kappa shape index (κ3) is 2.95. The number of carbonyl (C=O) groups excluding carboxylic acids is 2. The summed E-state index contributed by atoms with van der Waals surface area (Å²) in [7, 11) is 1.64. The number of nitrogens with zero attached hydrogens (tertiary/aromatic N) is 2. The molecule has 0 aromatic carbocycles. The van der Waals surface area contributed by atoms with E-state index in [1.165, 1.54) is 11.3 Å². The second-order valence-electron chi connectivity index (χ2n) is 5.29. The lowest BCUT2D eigenvalue weighted by Gasteiger charge is -2.42. The summed E-state index contributed by atoms with van der Waals surface area (Å²) in [5.41, 5.74) is 0. The first kappa shape index (κ1) is 14.5. The predicted octanol–water partition coefficient (Wildman–Crippen LogP) is 0.151. The quantitative estimate of drug-likeness (QED) is 0.863. The van der Waals surface area contributed by atoms with Crippen LogP contribution < -0.4 is 5.32 Å². The zero-order valence-electron chi connectivity index (χ0n) is 12.0. The van der Waals surface area contributed by atoms with Gasteiger partial charge in [0.15, 0.2) is 0 Å². The van der Waals surface area contributed by atoms with E-state index in [0.29, 0.717) is 31.1 Å². The van der Waals surface area contributed by atoms with E-state index >= 15 is 0 Å². The van der Waals surface area contributed by atoms with Crippen LogP contribution in [-0.4, -0.2) is 67.5 Å². The number of thiophene rings is 1. The molecule has 0 saturated carbocycles. The fraction of sp³-hybridized carbons (Fsp3) is 0.571. The zero-order chi connectivity index (χ0) is 14.8. The average molecular weight is 309 g/mol. The molecule has 3 heterocycles. The molecule has 2 amide bonds. The third-order valence-corrected chi connectivity index (χ3v) is 4.99. The monoisotopic (exact) mass is 309 g/mol. The van der Waals surface area contributed by atoms with Crippen LogP contribution >= 0.6 is 11.3 Å². The number of methoxy groups -OCH3 is 1. The molecule has 1 aromatic rings. The van der Waals surface area contributed by atoms with Crippen LogP contribution in [0.3, 0.4) is 0 Å². The number of ether oxygens (including phenoxy) is 1. The molecule has 2 fully saturated rings. The summed E-state index contributed by atoms with van der Waals surface area (Å²) in [6.07, 6.45) is 0. The van der Waals surface area contributed by atoms with Gasteiger partial charge in [-0.15, -0.1) is 11.3 Å². The average Bonchev–Trinajstić information content (AvgIpc) is 2.96. The van der Waals surface area contributed by atoms with Crippen molar-refractivity contribution in [3.05, 3.63) is 21.9 Å². The molecule has 6 nitrogen and oxygen atoms in total. The topological polar surface area (TPSA) is 61.9 Å². The molecule has 2 saturated heterocycles. The van der Waals surface area contributed by atoms with Crippen molar-refractivity contribution in [1.82, 2.24) is 15.1 Å². The molecule has 0 aliphatic carbocycles. The first-order chi connectivity index (χ1) is 10.2. The molecule has 1 aromatic heterocycles. The first-order valence-electron chi connectivity index (χ1n) is 7.07. The summed E-state index contributed by atoms with van der Waals surface area (Å²) >= 11 is 1.46. The smallest absolute Gasteiger partial charge is 0.264 e. The Kier molecular flexibility index (Phi) is 4.23. The standard InChI is InChI=1S/C14H19N3O3S/c1-20-9-10-2-3-12(21-10)14(19)17-7-6-16-5-4-15-13(18)11(16)8-17/h2-3,11H,4-9H2,1H3,(H,15,18). The molecule has 21 heavy (non-hydrogen) atoms. The largest absolute Gasteiger partial charge is 0.379 e. The summed E-state index contributed by atoms with van der Waals surface area (Å²) in [4.78, 5) is 30.2. The predicted molar refractivity (Wildman–Crippen MR) is 79.3 cm³/mol. The molecule has 0 spiro atoms. The van der Waals surface area contributed by atoms with Crippen molar-refractivity contribution in [2.45, 2.75) is 12.6 Å². The van der Waals surface area contributed by atoms with Crippen molar-refractivity contribution >= 4 is 23.2 Å². The number of hydrogen-bond donors (Lipinski definition) is 1. The minimum Gasteiger partial charge on any atom is -0.379 e. The number of amides is 2. The number of hydrogen-bond acceptors (Lipinski definition) is 5. The minimum absolute atomic E-state index is 0.0142. The summed E-state index contributed by atoms with van der Waals surface area (Å²) in [6.45, 7) is 4.02. The Balaban J connectivity index is 1.68. The second-order valence-corrected chi connectivity index (χ2v) is 6.46. The lowest BCUT2D eigenvalue weighted by Crippen LogP contribution is -2.64. The van der Waals surface area contributed by atoms with Crippen molar-refractivity contribution in [1.29, 1.82) is 0 Å². The van der Waals surface area contributed by atoms with Crippen LogP contribution in [0.15, 0.2) is 12.1 Å². The van der Waals surface area contributed by atoms with Gasteiger partial charge < -0.3 is 15.0 Å². The molecule has 1 atom stereocenters. The Hall–Kier alpha value is -1.44. The molecule has 114 valence electrons. The molecular formula is C14H19N3O3S. The van der Waals surface area contributed by atoms with Crippen LogP contribution in [0.2, 0.25) is 0 Å². The fourth-order valence-electron chi connectivity index (χ4n) is 2.83. The highest BCUT2D eigenvalue weighted by atomic mass is 32.1. The van der Waals surface area contributed by atoms with Crippen molar-refractivity contribution in [2.75, 3.05) is 39.8 Å². The summed E-state index contributed by atoms with van der Waals surface area (Å²) in [5, 5.41) is 2.87. The Morgan fingerprint density at radius 2 is 2.29 bits per heavy atom. The van der Waals surface area contributed by atoms with E-state index in [1.54, 1.807) is 12.0 Å². The van der Waals surface area contributed by atoms with Crippen molar-refractivity contribution < 1.29 is 14.3 Å². The maximum Gasteiger partial charge on any atom is 0.264 e. The lowest BCUT2D eigenvalue weighted by molar-refractivity contribution is -0.131. The van der Waals surface area contributed by atoms with Gasteiger partial charge in [-0.25, -0.2) is 0 Å². The number of piperazine rings is 2. The normalized spacial score (nSPS) is 22.8. The number of fused-ring (bicyclic) bond motifs is 1. The van der Waals surface area contributed by atoms with Crippen molar-refractivity contribution in [2.24, 2.45) is 0 Å². The molecular weight excluding hydrogens is 290 g/mol. The van der Waals surface area contributed by atoms with E-state index in [2.05, 4.69) is 10.2 Å². The van der Waals surface area contributed by atoms with Crippen LogP contribution in [0.4, 0.5) is 0 Å². The van der Waals surface area contributed by atoms with Gasteiger partial charge in [-0.1, -0.05) is 0 Å². The van der Waals surface area contributed by atoms with E-state index in [1.807, 2.05) is 12.1 Å². The van der Waals surface area contributed by atoms with Gasteiger partial charge in [0.05, 0.1) is 11.5 Å². The molecule has 0 radical (unpaired) electrons. The Bertz CT molecular complexity index is 545. The Morgan fingerprint density at radius 1 is 1.43 bits per heavy atom. The van der Waals surface area contributed by atoms with Crippen LogP contribution in [0, 0.1) is 0 Å². The summed E-state index contributed by atoms with van der Waals surface area (Å²) in [6, 6.07) is 3.56. The highest BCUT2D eigenvalue weighted by molar-refractivity contribution is 7.14. The van der Waals surface area contributed by atoms with Gasteiger partial charge in [-0.05, 0) is 12.1 Å². The van der Waals surface area contributed by atoms with Crippen LogP contribution in [0.1, 0.15) is 14.5 Å². The second kappa shape index (κ2) is 6.13. The molecule has 2 aliphatic heterocycles. The maximum atomic E-state index is 12.5. The maximum absolute atomic E-state index is 12.5. The van der Waals surface area contributed by atoms with Gasteiger partial charge in [0.2, 0.25) is 5.91 Å². The van der Waals surface area contributed by atoms with Crippen LogP contribution in [0.25, 0.3) is 0 Å². The van der Waals surface area contributed by atoms with Crippen molar-refractivity contribution in [3.63, 3.8) is 0 Å². The SMILES string of the molecule is COCc1ccc(C(=O)N2CCN3CCNC(=O)C3C2)s1. The van der Waals surface area contributed by atoms with Gasteiger partial charge in [0, 0.05) is 44.7 Å². The first-order valence-corrected chi connectivity index (χ1v) is 7.89. The van der Waals surface area contributed by atoms with E-state index in [-0.39, 0.29) is 17.9 Å². The molecule has 7 heteroatoms. The molecule has 0 bridgehead atoms. The van der Waals surface area contributed by atoms with Gasteiger partial charge in [-0.2, -0.15) is 0 Å². The van der Waals surface area contributed by atoms with E-state index < -0.39 is 0 Å². The minimum atomic E-state index is -0.199. The van der Waals surface area contributed by atoms with Gasteiger partial charge in [-0.3, -0.25) is 14.5 Å². The van der Waals surface area contributed by atoms with Gasteiger partial charge in [0.1, 0.15) is 6.04 Å². The lowest BCUT2D eigenvalue weighted by atomic mass is 10.1. The van der Waals surface area contributed by atoms with E-state index in [9.17, 15) is 9.59 Å². The highest BCUT2D eigenvalue weighted by Crippen LogP contribution is 2.21. The summed E-state index contributed by atoms with van der Waals surface area (Å²) in [5.74, 6) is 0.0466. The fourth-order valence-corrected chi connectivity index (χ4v) is 3.78. The third-order valence-electron chi connectivity index (χ3n) is 3.94. The Labute approximate surface area is 127 Å². The zero-order valence-corrected chi connectivity index (χ0v) is 12.8. The van der Waals surface area contributed by atoms with Crippen LogP contribution in [-0.2, 0) is 16.1 Å². The Morgan fingerprint density at radius 3 is 3.10 bits per heavy atom. The van der Waals surface area contributed by atoms with Crippen LogP contribution in [0.5, 0.6) is 0 Å². The van der Waals surface area contributed by atoms with E-state index in [4.69, 9.17) is 4.74 Å². The number of nitrogens with one attached hydrogen (secondary N) is 1. The van der Waals surface area contributed by atoms with Gasteiger partial charge >= 0.3 is 0 Å². The molecule has 1 N–H and O–H groups in total. The number of carbonyl (C=O) groups is 2. The van der Waals surface area contributed by atoms with E-state index in [0.717, 1.165) is 18.0 Å². The highest BCUT2D eigenvalue weighted by Gasteiger charge is 2.36. The molecule has 3 rings (SSSR count). The molecule has 2 aliphatic rings. The molecule has 1 unspecified atom stereocenters. The van der Waals surface area contributed by atoms with Crippen molar-refractivity contribution in [3.8, 4) is 0 Å². The van der Waals surface area contributed by atoms with Gasteiger partial charge in [0.25, 0.3) is 5.91 Å². The number of rotatable bonds is 3.